The molecule has 23 heavy (non-hydrogen) atoms. The number of hydrogen-bond donors (Lipinski definition) is 2. The third kappa shape index (κ3) is 4.14. The third-order valence-electron chi connectivity index (χ3n) is 4.29. The number of aliphatic hydroxyl groups is 1. The summed E-state index contributed by atoms with van der Waals surface area (Å²) in [7, 11) is 0. The Morgan fingerprint density at radius 2 is 2.09 bits per heavy atom. The molecule has 0 unspecified atom stereocenters. The maximum absolute atomic E-state index is 8.81. The van der Waals surface area contributed by atoms with Crippen molar-refractivity contribution in [1.29, 1.82) is 0 Å². The highest BCUT2D eigenvalue weighted by Crippen LogP contribution is 2.30. The molecule has 0 saturated heterocycles. The monoisotopic (exact) mass is 375 g/mol. The molecule has 0 saturated carbocycles. The van der Waals surface area contributed by atoms with Crippen LogP contribution in [0.25, 0.3) is 0 Å². The minimum Gasteiger partial charge on any atom is -0.491 e. The highest BCUT2D eigenvalue weighted by Gasteiger charge is 2.19. The molecule has 0 amide bonds. The summed E-state index contributed by atoms with van der Waals surface area (Å²) < 4.78 is 6.46. The summed E-state index contributed by atoms with van der Waals surface area (Å²) in [6.45, 7) is 1.17. The van der Waals surface area contributed by atoms with Crippen molar-refractivity contribution in [2.45, 2.75) is 31.8 Å². The first kappa shape index (κ1) is 16.5. The Balaban J connectivity index is 1.65. The van der Waals surface area contributed by atoms with E-state index in [4.69, 9.17) is 9.84 Å². The number of hydrogen-bond acceptors (Lipinski definition) is 3. The van der Waals surface area contributed by atoms with Crippen LogP contribution in [0.1, 0.15) is 35.6 Å². The summed E-state index contributed by atoms with van der Waals surface area (Å²) in [5.41, 5.74) is 4.13. The van der Waals surface area contributed by atoms with E-state index in [9.17, 15) is 0 Å². The van der Waals surface area contributed by atoms with Gasteiger partial charge in [0.1, 0.15) is 12.4 Å². The Morgan fingerprint density at radius 1 is 1.22 bits per heavy atom. The minimum absolute atomic E-state index is 0.0298. The first-order valence-electron chi connectivity index (χ1n) is 8.11. The van der Waals surface area contributed by atoms with Gasteiger partial charge in [0.15, 0.2) is 0 Å². The minimum atomic E-state index is 0.0298. The predicted octanol–water partition coefficient (Wildman–Crippen LogP) is 3.99. The molecule has 1 aliphatic rings. The first-order chi connectivity index (χ1) is 11.3. The van der Waals surface area contributed by atoms with E-state index in [1.54, 1.807) is 0 Å². The summed E-state index contributed by atoms with van der Waals surface area (Å²) in [6.07, 6.45) is 3.62. The van der Waals surface area contributed by atoms with Crippen molar-refractivity contribution in [3.05, 3.63) is 63.6 Å². The summed E-state index contributed by atoms with van der Waals surface area (Å²) in [5.74, 6) is 0.776. The van der Waals surface area contributed by atoms with E-state index in [0.29, 0.717) is 12.6 Å². The molecule has 0 radical (unpaired) electrons. The van der Waals surface area contributed by atoms with Crippen LogP contribution in [0.5, 0.6) is 5.75 Å². The second-order valence-corrected chi connectivity index (χ2v) is 6.70. The van der Waals surface area contributed by atoms with E-state index in [1.165, 1.54) is 36.0 Å². The molecular formula is C19H22BrNO2. The molecule has 0 aliphatic heterocycles. The molecule has 1 aliphatic carbocycles. The van der Waals surface area contributed by atoms with Crippen LogP contribution >= 0.6 is 15.9 Å². The van der Waals surface area contributed by atoms with Crippen molar-refractivity contribution < 1.29 is 9.84 Å². The number of nitrogens with one attached hydrogen (secondary N) is 1. The standard InChI is InChI=1S/C19H22BrNO2/c20-18-12-16(23-11-10-22)9-8-15(18)13-21-19-7-3-5-14-4-1-2-6-17(14)19/h1-2,4,6,8-9,12,19,21-22H,3,5,7,10-11,13H2/t19-/m1/s1. The van der Waals surface area contributed by atoms with Crippen molar-refractivity contribution >= 4 is 15.9 Å². The first-order valence-corrected chi connectivity index (χ1v) is 8.90. The van der Waals surface area contributed by atoms with Crippen molar-refractivity contribution in [3.8, 4) is 5.75 Å². The topological polar surface area (TPSA) is 41.5 Å². The number of benzene rings is 2. The van der Waals surface area contributed by atoms with E-state index in [2.05, 4.69) is 51.6 Å². The van der Waals surface area contributed by atoms with Crippen LogP contribution in [0, 0.1) is 0 Å². The second-order valence-electron chi connectivity index (χ2n) is 5.85. The van der Waals surface area contributed by atoms with Gasteiger partial charge in [0.25, 0.3) is 0 Å². The zero-order chi connectivity index (χ0) is 16.1. The number of halogens is 1. The van der Waals surface area contributed by atoms with Crippen molar-refractivity contribution in [2.24, 2.45) is 0 Å². The maximum atomic E-state index is 8.81. The van der Waals surface area contributed by atoms with Crippen LogP contribution in [-0.2, 0) is 13.0 Å². The predicted molar refractivity (Wildman–Crippen MR) is 95.7 cm³/mol. The largest absolute Gasteiger partial charge is 0.491 e. The molecule has 122 valence electrons. The summed E-state index contributed by atoms with van der Waals surface area (Å²) in [5, 5.41) is 12.5. The molecule has 0 heterocycles. The number of aryl methyl sites for hydroxylation is 1. The zero-order valence-corrected chi connectivity index (χ0v) is 14.7. The highest BCUT2D eigenvalue weighted by atomic mass is 79.9. The van der Waals surface area contributed by atoms with Crippen LogP contribution < -0.4 is 10.1 Å². The van der Waals surface area contributed by atoms with E-state index >= 15 is 0 Å². The Hall–Kier alpha value is -1.36. The normalized spacial score (nSPS) is 16.9. The molecular weight excluding hydrogens is 354 g/mol. The van der Waals surface area contributed by atoms with Gasteiger partial charge in [-0.15, -0.1) is 0 Å². The fraction of sp³-hybridized carbons (Fsp3) is 0.368. The fourth-order valence-electron chi connectivity index (χ4n) is 3.12. The Morgan fingerprint density at radius 3 is 2.91 bits per heavy atom. The van der Waals surface area contributed by atoms with Gasteiger partial charge >= 0.3 is 0 Å². The Bertz CT molecular complexity index is 660. The van der Waals surface area contributed by atoms with Crippen LogP contribution in [0.15, 0.2) is 46.9 Å². The van der Waals surface area contributed by atoms with Gasteiger partial charge in [0.05, 0.1) is 6.61 Å². The van der Waals surface area contributed by atoms with Crippen molar-refractivity contribution in [2.75, 3.05) is 13.2 Å². The van der Waals surface area contributed by atoms with Gasteiger partial charge in [0.2, 0.25) is 0 Å². The molecule has 3 nitrogen and oxygen atoms in total. The van der Waals surface area contributed by atoms with Gasteiger partial charge in [0, 0.05) is 17.1 Å². The number of rotatable bonds is 6. The number of aliphatic hydroxyl groups excluding tert-OH is 1. The SMILES string of the molecule is OCCOc1ccc(CN[C@@H]2CCCc3ccccc32)c(Br)c1. The van der Waals surface area contributed by atoms with Crippen LogP contribution in [-0.4, -0.2) is 18.3 Å². The molecule has 2 N–H and O–H groups in total. The summed E-state index contributed by atoms with van der Waals surface area (Å²) >= 11 is 3.61. The molecule has 3 rings (SSSR count). The van der Waals surface area contributed by atoms with Crippen molar-refractivity contribution in [3.63, 3.8) is 0 Å². The molecule has 4 heteroatoms. The smallest absolute Gasteiger partial charge is 0.120 e. The second kappa shape index (κ2) is 7.95. The van der Waals surface area contributed by atoms with Gasteiger partial charge in [-0.3, -0.25) is 0 Å². The number of fused-ring (bicyclic) bond motifs is 1. The van der Waals surface area contributed by atoms with Gasteiger partial charge in [-0.05, 0) is 48.1 Å². The van der Waals surface area contributed by atoms with Gasteiger partial charge in [-0.25, -0.2) is 0 Å². The molecule has 0 spiro atoms. The number of ether oxygens (including phenoxy) is 1. The average molecular weight is 376 g/mol. The lowest BCUT2D eigenvalue weighted by Gasteiger charge is -2.26. The lowest BCUT2D eigenvalue weighted by Crippen LogP contribution is -2.25. The van der Waals surface area contributed by atoms with Crippen LogP contribution in [0.2, 0.25) is 0 Å². The average Bonchev–Trinajstić information content (AvgIpc) is 2.59. The van der Waals surface area contributed by atoms with E-state index < -0.39 is 0 Å². The fourth-order valence-corrected chi connectivity index (χ4v) is 3.62. The maximum Gasteiger partial charge on any atom is 0.120 e. The zero-order valence-electron chi connectivity index (χ0n) is 13.1. The molecule has 0 bridgehead atoms. The Labute approximate surface area is 145 Å². The highest BCUT2D eigenvalue weighted by molar-refractivity contribution is 9.10. The van der Waals surface area contributed by atoms with Gasteiger partial charge < -0.3 is 15.2 Å². The van der Waals surface area contributed by atoms with Gasteiger partial charge in [-0.2, -0.15) is 0 Å². The Kier molecular flexibility index (Phi) is 5.70. The van der Waals surface area contributed by atoms with Gasteiger partial charge in [-0.1, -0.05) is 46.3 Å². The summed E-state index contributed by atoms with van der Waals surface area (Å²) in [6, 6.07) is 15.1. The molecule has 2 aromatic carbocycles. The van der Waals surface area contributed by atoms with Crippen LogP contribution in [0.3, 0.4) is 0 Å². The molecule has 2 aromatic rings. The summed E-state index contributed by atoms with van der Waals surface area (Å²) in [4.78, 5) is 0. The third-order valence-corrected chi connectivity index (χ3v) is 5.03. The van der Waals surface area contributed by atoms with E-state index in [1.807, 2.05) is 12.1 Å². The lowest BCUT2D eigenvalue weighted by molar-refractivity contribution is 0.201. The van der Waals surface area contributed by atoms with Crippen molar-refractivity contribution in [1.82, 2.24) is 5.32 Å². The van der Waals surface area contributed by atoms with E-state index in [-0.39, 0.29) is 6.61 Å². The quantitative estimate of drug-likeness (QED) is 0.801. The molecule has 0 fully saturated rings. The van der Waals surface area contributed by atoms with Crippen LogP contribution in [0.4, 0.5) is 0 Å². The molecule has 0 aromatic heterocycles. The van der Waals surface area contributed by atoms with E-state index in [0.717, 1.165) is 16.8 Å². The lowest BCUT2D eigenvalue weighted by atomic mass is 9.87. The molecule has 1 atom stereocenters.